The first kappa shape index (κ1) is 21.9. The maximum atomic E-state index is 6.32. The van der Waals surface area contributed by atoms with Crippen molar-refractivity contribution in [2.24, 2.45) is 5.92 Å². The predicted octanol–water partition coefficient (Wildman–Crippen LogP) is 6.83. The summed E-state index contributed by atoms with van der Waals surface area (Å²) in [6.45, 7) is 5.64. The Labute approximate surface area is 200 Å². The summed E-state index contributed by atoms with van der Waals surface area (Å²) < 4.78 is 12.5. The summed E-state index contributed by atoms with van der Waals surface area (Å²) in [5.74, 6) is 3.28. The highest BCUT2D eigenvalue weighted by molar-refractivity contribution is 5.98. The van der Waals surface area contributed by atoms with E-state index in [0.717, 1.165) is 35.0 Å². The molecule has 0 radical (unpaired) electrons. The summed E-state index contributed by atoms with van der Waals surface area (Å²) in [4.78, 5) is 6.02. The second-order valence-corrected chi connectivity index (χ2v) is 9.07. The lowest BCUT2D eigenvalue weighted by Crippen LogP contribution is -2.52. The SMILES string of the molecule is Cc1[nH]c2ccc(Oc3ccc(OC4CN5CCC4CC5)cc3)cc2c1-c1ccccc1.Cl. The molecule has 3 fully saturated rings. The number of aromatic nitrogens is 1. The highest BCUT2D eigenvalue weighted by atomic mass is 35.5. The van der Waals surface area contributed by atoms with E-state index in [2.05, 4.69) is 53.2 Å². The number of rotatable bonds is 5. The quantitative estimate of drug-likeness (QED) is 0.354. The van der Waals surface area contributed by atoms with Crippen molar-refractivity contribution in [2.75, 3.05) is 19.6 Å². The third kappa shape index (κ3) is 4.33. The summed E-state index contributed by atoms with van der Waals surface area (Å²) in [6, 6.07) is 24.8. The summed E-state index contributed by atoms with van der Waals surface area (Å²) in [7, 11) is 0. The van der Waals surface area contributed by atoms with E-state index in [1.54, 1.807) is 0 Å². The lowest BCUT2D eigenvalue weighted by Gasteiger charge is -2.44. The molecule has 7 rings (SSSR count). The van der Waals surface area contributed by atoms with Crippen molar-refractivity contribution in [3.63, 3.8) is 0 Å². The highest BCUT2D eigenvalue weighted by Crippen LogP contribution is 2.36. The molecule has 0 amide bonds. The van der Waals surface area contributed by atoms with E-state index >= 15 is 0 Å². The minimum Gasteiger partial charge on any atom is -0.489 e. The predicted molar refractivity (Wildman–Crippen MR) is 136 cm³/mol. The van der Waals surface area contributed by atoms with Crippen LogP contribution in [0.3, 0.4) is 0 Å². The Morgan fingerprint density at radius 1 is 0.848 bits per heavy atom. The van der Waals surface area contributed by atoms with Gasteiger partial charge in [0.15, 0.2) is 0 Å². The molecule has 2 bridgehead atoms. The Morgan fingerprint density at radius 3 is 2.24 bits per heavy atom. The van der Waals surface area contributed by atoms with E-state index in [0.29, 0.717) is 12.0 Å². The molecule has 1 atom stereocenters. The molecule has 3 aromatic carbocycles. The molecule has 3 aliphatic heterocycles. The lowest BCUT2D eigenvalue weighted by molar-refractivity contribution is -0.00777. The van der Waals surface area contributed by atoms with Crippen LogP contribution in [-0.2, 0) is 0 Å². The van der Waals surface area contributed by atoms with Gasteiger partial charge >= 0.3 is 0 Å². The van der Waals surface area contributed by atoms with E-state index < -0.39 is 0 Å². The maximum Gasteiger partial charge on any atom is 0.128 e. The monoisotopic (exact) mass is 460 g/mol. The zero-order valence-electron chi connectivity index (χ0n) is 18.8. The van der Waals surface area contributed by atoms with Gasteiger partial charge in [0.1, 0.15) is 23.4 Å². The van der Waals surface area contributed by atoms with Crippen LogP contribution in [0.15, 0.2) is 72.8 Å². The summed E-state index contributed by atoms with van der Waals surface area (Å²) in [5, 5.41) is 1.17. The number of aryl methyl sites for hydroxylation is 1. The molecule has 1 aromatic heterocycles. The van der Waals surface area contributed by atoms with Gasteiger partial charge in [0.25, 0.3) is 0 Å². The van der Waals surface area contributed by atoms with Crippen LogP contribution < -0.4 is 9.47 Å². The minimum absolute atomic E-state index is 0. The number of fused-ring (bicyclic) bond motifs is 4. The Hall–Kier alpha value is -2.95. The van der Waals surface area contributed by atoms with Crippen LogP contribution in [-0.4, -0.2) is 35.6 Å². The average Bonchev–Trinajstić information content (AvgIpc) is 3.17. The van der Waals surface area contributed by atoms with Gasteiger partial charge in [-0.15, -0.1) is 12.4 Å². The second kappa shape index (κ2) is 9.12. The first-order valence-electron chi connectivity index (χ1n) is 11.6. The molecule has 0 aliphatic carbocycles. The number of halogens is 1. The van der Waals surface area contributed by atoms with Gasteiger partial charge in [0, 0.05) is 28.7 Å². The smallest absolute Gasteiger partial charge is 0.128 e. The van der Waals surface area contributed by atoms with E-state index in [1.807, 2.05) is 36.4 Å². The van der Waals surface area contributed by atoms with E-state index in [4.69, 9.17) is 9.47 Å². The van der Waals surface area contributed by atoms with Gasteiger partial charge in [-0.2, -0.15) is 0 Å². The molecule has 1 unspecified atom stereocenters. The second-order valence-electron chi connectivity index (χ2n) is 9.07. The van der Waals surface area contributed by atoms with Crippen molar-refractivity contribution in [2.45, 2.75) is 25.9 Å². The van der Waals surface area contributed by atoms with Crippen LogP contribution >= 0.6 is 12.4 Å². The van der Waals surface area contributed by atoms with Crippen LogP contribution in [0.2, 0.25) is 0 Å². The number of benzene rings is 3. The van der Waals surface area contributed by atoms with Crippen LogP contribution in [0, 0.1) is 12.8 Å². The first-order chi connectivity index (χ1) is 15.7. The van der Waals surface area contributed by atoms with Crippen molar-refractivity contribution in [1.82, 2.24) is 9.88 Å². The van der Waals surface area contributed by atoms with Gasteiger partial charge in [0.05, 0.1) is 0 Å². The summed E-state index contributed by atoms with van der Waals surface area (Å²) in [5.41, 5.74) is 4.72. The van der Waals surface area contributed by atoms with Crippen LogP contribution in [0.4, 0.5) is 0 Å². The Balaban J connectivity index is 0.00000228. The molecule has 4 aromatic rings. The molecule has 33 heavy (non-hydrogen) atoms. The molecule has 3 saturated heterocycles. The van der Waals surface area contributed by atoms with Crippen molar-refractivity contribution < 1.29 is 9.47 Å². The Bertz CT molecular complexity index is 1230. The minimum atomic E-state index is 0. The van der Waals surface area contributed by atoms with Crippen LogP contribution in [0.1, 0.15) is 18.5 Å². The molecular weight excluding hydrogens is 432 g/mol. The molecule has 4 heterocycles. The molecule has 1 N–H and O–H groups in total. The third-order valence-corrected chi connectivity index (χ3v) is 6.96. The normalized spacial score (nSPS) is 21.5. The maximum absolute atomic E-state index is 6.32. The van der Waals surface area contributed by atoms with Crippen molar-refractivity contribution >= 4 is 23.3 Å². The fraction of sp³-hybridized carbons (Fsp3) is 0.286. The molecule has 170 valence electrons. The topological polar surface area (TPSA) is 37.5 Å². The number of hydrogen-bond donors (Lipinski definition) is 1. The van der Waals surface area contributed by atoms with Crippen molar-refractivity contribution in [3.05, 3.63) is 78.5 Å². The Kier molecular flexibility index (Phi) is 6.05. The van der Waals surface area contributed by atoms with Gasteiger partial charge in [-0.1, -0.05) is 30.3 Å². The number of hydrogen-bond acceptors (Lipinski definition) is 3. The molecular formula is C28H29ClN2O2. The van der Waals surface area contributed by atoms with Crippen LogP contribution in [0.5, 0.6) is 17.2 Å². The molecule has 0 spiro atoms. The molecule has 3 aliphatic rings. The molecule has 5 heteroatoms. The number of nitrogens with zero attached hydrogens (tertiary/aromatic N) is 1. The first-order valence-corrected chi connectivity index (χ1v) is 11.6. The molecule has 4 nitrogen and oxygen atoms in total. The zero-order valence-corrected chi connectivity index (χ0v) is 19.6. The summed E-state index contributed by atoms with van der Waals surface area (Å²) in [6.07, 6.45) is 2.84. The third-order valence-electron chi connectivity index (χ3n) is 6.96. The average molecular weight is 461 g/mol. The van der Waals surface area contributed by atoms with E-state index in [1.165, 1.54) is 42.4 Å². The van der Waals surface area contributed by atoms with Gasteiger partial charge in [0.2, 0.25) is 0 Å². The zero-order chi connectivity index (χ0) is 21.5. The van der Waals surface area contributed by atoms with E-state index in [9.17, 15) is 0 Å². The van der Waals surface area contributed by atoms with Gasteiger partial charge < -0.3 is 14.5 Å². The lowest BCUT2D eigenvalue weighted by atomic mass is 9.86. The van der Waals surface area contributed by atoms with Gasteiger partial charge in [-0.25, -0.2) is 0 Å². The molecule has 0 saturated carbocycles. The fourth-order valence-electron chi connectivity index (χ4n) is 5.29. The number of nitrogens with one attached hydrogen (secondary N) is 1. The largest absolute Gasteiger partial charge is 0.489 e. The van der Waals surface area contributed by atoms with E-state index in [-0.39, 0.29) is 12.4 Å². The number of piperidine rings is 3. The summed E-state index contributed by atoms with van der Waals surface area (Å²) >= 11 is 0. The van der Waals surface area contributed by atoms with Crippen molar-refractivity contribution in [3.8, 4) is 28.4 Å². The van der Waals surface area contributed by atoms with Gasteiger partial charge in [-0.05, 0) is 86.8 Å². The number of aromatic amines is 1. The van der Waals surface area contributed by atoms with Gasteiger partial charge in [-0.3, -0.25) is 4.90 Å². The van der Waals surface area contributed by atoms with Crippen molar-refractivity contribution in [1.29, 1.82) is 0 Å². The number of ether oxygens (including phenoxy) is 2. The number of H-pyrrole nitrogens is 1. The Morgan fingerprint density at radius 2 is 1.55 bits per heavy atom. The standard InChI is InChI=1S/C28H28N2O2.ClH/c1-19-28(21-5-3-2-4-6-21)25-17-24(11-12-26(25)29-19)31-22-7-9-23(10-8-22)32-27-18-30-15-13-20(27)14-16-30;/h2-12,17,20,27,29H,13-16,18H2,1H3;1H. The fourth-order valence-corrected chi connectivity index (χ4v) is 5.29. The van der Waals surface area contributed by atoms with Crippen LogP contribution in [0.25, 0.3) is 22.0 Å². The highest BCUT2D eigenvalue weighted by Gasteiger charge is 2.35.